The maximum absolute atomic E-state index is 13.4. The van der Waals surface area contributed by atoms with E-state index in [1.165, 1.54) is 4.90 Å². The topological polar surface area (TPSA) is 133 Å². The summed E-state index contributed by atoms with van der Waals surface area (Å²) in [5.74, 6) is -1.83. The molecule has 2 unspecified atom stereocenters. The van der Waals surface area contributed by atoms with Crippen LogP contribution in [-0.2, 0) is 24.4 Å². The molecule has 2 rings (SSSR count). The Balaban J connectivity index is 2.19. The predicted octanol–water partition coefficient (Wildman–Crippen LogP) is 1.14. The van der Waals surface area contributed by atoms with Gasteiger partial charge < -0.3 is 10.0 Å². The number of nitrogens with one attached hydrogen (secondary N) is 2. The fourth-order valence-electron chi connectivity index (χ4n) is 4.96. The summed E-state index contributed by atoms with van der Waals surface area (Å²) in [5.41, 5.74) is -1.08. The number of sulfonamides is 1. The highest BCUT2D eigenvalue weighted by Gasteiger charge is 2.61. The molecule has 2 fully saturated rings. The van der Waals surface area contributed by atoms with Gasteiger partial charge in [0.1, 0.15) is 0 Å². The molecule has 1 aliphatic heterocycles. The largest absolute Gasteiger partial charge is 0.391 e. The number of allylic oxidation sites excluding steroid dienone is 1. The molecule has 0 spiro atoms. The van der Waals surface area contributed by atoms with Gasteiger partial charge in [0.05, 0.1) is 29.9 Å². The summed E-state index contributed by atoms with van der Waals surface area (Å²) in [4.78, 5) is 40.9. The molecule has 7 atom stereocenters. The van der Waals surface area contributed by atoms with Gasteiger partial charge in [0.25, 0.3) is 0 Å². The van der Waals surface area contributed by atoms with Crippen molar-refractivity contribution in [2.24, 2.45) is 17.3 Å². The Morgan fingerprint density at radius 3 is 2.52 bits per heavy atom. The van der Waals surface area contributed by atoms with Crippen molar-refractivity contribution < 1.29 is 27.9 Å². The summed E-state index contributed by atoms with van der Waals surface area (Å²) in [5, 5.41) is 13.4. The van der Waals surface area contributed by atoms with Crippen LogP contribution in [0.1, 0.15) is 58.8 Å². The monoisotopic (exact) mass is 503 g/mol. The second kappa shape index (κ2) is 11.4. The number of carbonyl (C=O) groups excluding carboxylic acids is 3. The number of carbonyl (C=O) groups is 3. The first-order chi connectivity index (χ1) is 15.4. The molecule has 3 N–H and O–H groups in total. The Kier molecular flexibility index (Phi) is 9.62. The van der Waals surface area contributed by atoms with Crippen molar-refractivity contribution in [3.8, 4) is 0 Å². The van der Waals surface area contributed by atoms with E-state index in [-0.39, 0.29) is 30.6 Å². The average molecular weight is 504 g/mol. The van der Waals surface area contributed by atoms with Gasteiger partial charge in [-0.1, -0.05) is 42.2 Å². The summed E-state index contributed by atoms with van der Waals surface area (Å²) in [7, 11) is -1.41. The van der Waals surface area contributed by atoms with Gasteiger partial charge in [0.2, 0.25) is 21.8 Å². The van der Waals surface area contributed by atoms with Crippen LogP contribution in [0.5, 0.6) is 0 Å². The molecule has 1 heterocycles. The molecule has 2 amide bonds. The molecule has 2 aliphatic rings. The molecule has 0 aromatic rings. The minimum atomic E-state index is -3.76. The Morgan fingerprint density at radius 1 is 1.33 bits per heavy atom. The highest BCUT2D eigenvalue weighted by Crippen LogP contribution is 2.58. The first kappa shape index (κ1) is 27.9. The Bertz CT molecular complexity index is 866. The van der Waals surface area contributed by atoms with Gasteiger partial charge in [0.15, 0.2) is 5.78 Å². The molecule has 0 aromatic carbocycles. The lowest BCUT2D eigenvalue weighted by molar-refractivity contribution is -0.141. The van der Waals surface area contributed by atoms with Gasteiger partial charge in [-0.3, -0.25) is 24.2 Å². The van der Waals surface area contributed by atoms with Crippen LogP contribution in [0.2, 0.25) is 0 Å². The minimum Gasteiger partial charge on any atom is -0.391 e. The van der Waals surface area contributed by atoms with E-state index < -0.39 is 45.5 Å². The van der Waals surface area contributed by atoms with Gasteiger partial charge >= 0.3 is 0 Å². The second-order valence-corrected chi connectivity index (χ2v) is 11.5. The zero-order valence-electron chi connectivity index (χ0n) is 19.7. The van der Waals surface area contributed by atoms with E-state index in [1.807, 2.05) is 17.7 Å². The molecular weight excluding hydrogens is 465 g/mol. The molecule has 188 valence electrons. The van der Waals surface area contributed by atoms with E-state index in [1.54, 1.807) is 6.92 Å². The van der Waals surface area contributed by atoms with Crippen molar-refractivity contribution in [2.75, 3.05) is 12.8 Å². The van der Waals surface area contributed by atoms with Crippen LogP contribution in [-0.4, -0.2) is 67.0 Å². The third kappa shape index (κ3) is 6.62. The van der Waals surface area contributed by atoms with Gasteiger partial charge in [-0.2, -0.15) is 0 Å². The number of hydrogen-bond donors (Lipinski definition) is 3. The van der Waals surface area contributed by atoms with Crippen molar-refractivity contribution >= 4 is 37.0 Å². The van der Waals surface area contributed by atoms with Crippen molar-refractivity contribution in [3.63, 3.8) is 0 Å². The number of ketones is 1. The molecule has 9 nitrogen and oxygen atoms in total. The average Bonchev–Trinajstić information content (AvgIpc) is 3.37. The van der Waals surface area contributed by atoms with E-state index in [0.29, 0.717) is 19.3 Å². The van der Waals surface area contributed by atoms with Crippen molar-refractivity contribution in [1.82, 2.24) is 14.7 Å². The number of nitrogens with zero attached hydrogens (tertiary/aromatic N) is 1. The number of hydrogen-bond acceptors (Lipinski definition) is 7. The number of amides is 2. The van der Waals surface area contributed by atoms with E-state index in [2.05, 4.69) is 21.1 Å². The van der Waals surface area contributed by atoms with Crippen LogP contribution >= 0.6 is 9.39 Å². The van der Waals surface area contributed by atoms with Gasteiger partial charge in [0, 0.05) is 18.9 Å². The predicted molar refractivity (Wildman–Crippen MR) is 129 cm³/mol. The number of likely N-dealkylation sites (tertiary alicyclic amines) is 1. The molecule has 1 aliphatic carbocycles. The number of unbranched alkanes of at least 4 members (excludes halogenated alkanes) is 2. The van der Waals surface area contributed by atoms with E-state index >= 15 is 0 Å². The van der Waals surface area contributed by atoms with Crippen LogP contribution in [0.15, 0.2) is 12.7 Å². The molecule has 0 bridgehead atoms. The maximum atomic E-state index is 13.4. The van der Waals surface area contributed by atoms with Crippen LogP contribution in [0.25, 0.3) is 0 Å². The fraction of sp³-hybridized carbons (Fsp3) is 0.773. The van der Waals surface area contributed by atoms with Crippen LogP contribution < -0.4 is 9.81 Å². The number of aliphatic hydroxyl groups is 1. The van der Waals surface area contributed by atoms with E-state index in [0.717, 1.165) is 25.5 Å². The van der Waals surface area contributed by atoms with Crippen molar-refractivity contribution in [2.45, 2.75) is 77.0 Å². The summed E-state index contributed by atoms with van der Waals surface area (Å²) < 4.78 is 25.2. The number of Topliss-reactive ketones (excluding diaryl/α,β-unsaturated/α-hetero) is 1. The highest BCUT2D eigenvalue weighted by atomic mass is 32.2. The van der Waals surface area contributed by atoms with Crippen LogP contribution in [0.3, 0.4) is 0 Å². The third-order valence-electron chi connectivity index (χ3n) is 7.03. The molecule has 33 heavy (non-hydrogen) atoms. The maximum Gasteiger partial charge on any atom is 0.240 e. The first-order valence-electron chi connectivity index (χ1n) is 11.5. The summed E-state index contributed by atoms with van der Waals surface area (Å²) in [6.07, 6.45) is 5.93. The number of β-amino-alcohol motifs (C(OH)–C–C–N with tert-alkyl or cyclic N) is 1. The molecule has 0 radical (unpaired) electrons. The Hall–Kier alpha value is -1.35. The lowest BCUT2D eigenvalue weighted by Gasteiger charge is -2.30. The third-order valence-corrected chi connectivity index (χ3v) is 7.99. The lowest BCUT2D eigenvalue weighted by atomic mass is 9.87. The highest BCUT2D eigenvalue weighted by molar-refractivity contribution is 7.89. The quantitative estimate of drug-likeness (QED) is 0.195. The van der Waals surface area contributed by atoms with Gasteiger partial charge in [-0.15, -0.1) is 6.58 Å². The molecule has 1 saturated heterocycles. The number of rotatable bonds is 13. The molecule has 11 heteroatoms. The standard InChI is InChI=1S/C22H38N3O6PS/c1-5-7-8-9-10-16(23-32)20(28)25-13-18(27)14(3)19(25)17(26)12-22(11-15(22)6-2)21(29)24-33(4,30)31/h5,14-16,18-19,23,27H,1,6-13,32H2,2-4H3,(H,24,29)/t14?,15-,16+,18+,19+,22-/m1/s1. The normalized spacial score (nSPS) is 30.0. The van der Waals surface area contributed by atoms with Gasteiger partial charge in [-0.25, -0.2) is 8.42 Å². The minimum absolute atomic E-state index is 0.0473. The van der Waals surface area contributed by atoms with Crippen molar-refractivity contribution in [1.29, 1.82) is 0 Å². The van der Waals surface area contributed by atoms with E-state index in [9.17, 15) is 27.9 Å². The van der Waals surface area contributed by atoms with Crippen LogP contribution in [0, 0.1) is 17.3 Å². The van der Waals surface area contributed by atoms with Crippen LogP contribution in [0.4, 0.5) is 0 Å². The van der Waals surface area contributed by atoms with Crippen molar-refractivity contribution in [3.05, 3.63) is 12.7 Å². The Labute approximate surface area is 199 Å². The fourth-order valence-corrected chi connectivity index (χ4v) is 5.81. The molecule has 0 aromatic heterocycles. The second-order valence-electron chi connectivity index (χ2n) is 9.47. The zero-order valence-corrected chi connectivity index (χ0v) is 21.7. The Morgan fingerprint density at radius 2 is 2.00 bits per heavy atom. The van der Waals surface area contributed by atoms with Gasteiger partial charge in [-0.05, 0) is 31.6 Å². The summed E-state index contributed by atoms with van der Waals surface area (Å²) in [6, 6.07) is -1.37. The smallest absolute Gasteiger partial charge is 0.240 e. The SMILES string of the molecule is C=CCCCC[C@H](NP)C(=O)N1C[C@H](O)C(C)[C@H]1C(=O)C[C@]1(C(=O)NS(C)(=O)=O)C[C@H]1CC. The lowest BCUT2D eigenvalue weighted by Crippen LogP contribution is -2.50. The summed E-state index contributed by atoms with van der Waals surface area (Å²) in [6.45, 7) is 7.36. The first-order valence-corrected chi connectivity index (χ1v) is 14.0. The zero-order chi connectivity index (χ0) is 25.0. The number of aliphatic hydroxyl groups excluding tert-OH is 1. The van der Waals surface area contributed by atoms with E-state index in [4.69, 9.17) is 0 Å². The molecule has 1 saturated carbocycles. The summed E-state index contributed by atoms with van der Waals surface area (Å²) >= 11 is 0. The molecular formula is C22H38N3O6PS.